The lowest BCUT2D eigenvalue weighted by Gasteiger charge is -2.21. The van der Waals surface area contributed by atoms with Crippen LogP contribution in [-0.2, 0) is 23.8 Å². The van der Waals surface area contributed by atoms with Gasteiger partial charge in [-0.15, -0.1) is 0 Å². The van der Waals surface area contributed by atoms with E-state index in [2.05, 4.69) is 4.74 Å². The third-order valence-corrected chi connectivity index (χ3v) is 4.62. The smallest absolute Gasteiger partial charge is 0.429 e. The summed E-state index contributed by atoms with van der Waals surface area (Å²) in [5.74, 6) is -8.07. The Bertz CT molecular complexity index is 1140. The summed E-state index contributed by atoms with van der Waals surface area (Å²) in [7, 11) is 0. The maximum absolute atomic E-state index is 14.9. The van der Waals surface area contributed by atoms with Crippen molar-refractivity contribution in [2.24, 2.45) is 0 Å². The van der Waals surface area contributed by atoms with Gasteiger partial charge in [0.15, 0.2) is 11.6 Å². The van der Waals surface area contributed by atoms with Crippen LogP contribution < -0.4 is 4.74 Å². The van der Waals surface area contributed by atoms with E-state index in [-0.39, 0.29) is 23.8 Å². The first-order valence-corrected chi connectivity index (χ1v) is 9.07. The highest BCUT2D eigenvalue weighted by Crippen LogP contribution is 2.43. The standard InChI is InChI=1S/C22H13F8O2/c1-2-11-3-5-12(6-4-11)18-17(31)10-16(24)19(20(18)25)22(29,30)32-13-7-8-14(15(23)9-13)21(26,27)28/h3-10H,2H2,1H3. The Balaban J connectivity index is 2.05. The minimum atomic E-state index is -5.09. The average Bonchev–Trinajstić information content (AvgIpc) is 2.66. The van der Waals surface area contributed by atoms with E-state index in [0.29, 0.717) is 12.5 Å². The van der Waals surface area contributed by atoms with E-state index in [1.807, 2.05) is 6.92 Å². The summed E-state index contributed by atoms with van der Waals surface area (Å²) < 4.78 is 114. The monoisotopic (exact) mass is 461 g/mol. The SMILES string of the molecule is CCc1ccc(-c2c([O])cc(F)c(C(F)(F)Oc3ccc(C(F)(F)F)c(F)c3)c2F)cc1. The van der Waals surface area contributed by atoms with E-state index in [0.717, 1.165) is 5.56 Å². The molecular weight excluding hydrogens is 448 g/mol. The Morgan fingerprint density at radius 1 is 0.844 bits per heavy atom. The van der Waals surface area contributed by atoms with Crippen molar-refractivity contribution in [1.29, 1.82) is 0 Å². The van der Waals surface area contributed by atoms with E-state index < -0.39 is 57.9 Å². The Morgan fingerprint density at radius 2 is 1.47 bits per heavy atom. The molecular formula is C22H13F8O2. The van der Waals surface area contributed by atoms with Gasteiger partial charge in [-0.05, 0) is 29.7 Å². The van der Waals surface area contributed by atoms with Gasteiger partial charge < -0.3 is 4.74 Å². The zero-order chi connectivity index (χ0) is 23.8. The highest BCUT2D eigenvalue weighted by Gasteiger charge is 2.43. The molecule has 0 spiro atoms. The lowest BCUT2D eigenvalue weighted by molar-refractivity contribution is -0.189. The van der Waals surface area contributed by atoms with Crippen LogP contribution in [0.15, 0.2) is 48.5 Å². The molecule has 0 fully saturated rings. The number of ether oxygens (including phenoxy) is 1. The predicted molar refractivity (Wildman–Crippen MR) is 97.2 cm³/mol. The van der Waals surface area contributed by atoms with Crippen LogP contribution in [-0.4, -0.2) is 0 Å². The van der Waals surface area contributed by atoms with Crippen molar-refractivity contribution >= 4 is 0 Å². The van der Waals surface area contributed by atoms with Crippen LogP contribution >= 0.6 is 0 Å². The second kappa shape index (κ2) is 8.33. The molecule has 0 N–H and O–H groups in total. The topological polar surface area (TPSA) is 29.1 Å². The van der Waals surface area contributed by atoms with Crippen molar-refractivity contribution in [1.82, 2.24) is 0 Å². The number of rotatable bonds is 5. The van der Waals surface area contributed by atoms with Crippen LogP contribution in [0.1, 0.15) is 23.6 Å². The predicted octanol–water partition coefficient (Wildman–Crippen LogP) is 7.62. The van der Waals surface area contributed by atoms with Gasteiger partial charge in [-0.2, -0.15) is 22.0 Å². The molecule has 1 radical (unpaired) electrons. The van der Waals surface area contributed by atoms with Gasteiger partial charge >= 0.3 is 12.3 Å². The van der Waals surface area contributed by atoms with Crippen LogP contribution in [0.2, 0.25) is 0 Å². The van der Waals surface area contributed by atoms with Gasteiger partial charge in [0.1, 0.15) is 22.9 Å². The molecule has 0 saturated heterocycles. The molecule has 0 bridgehead atoms. The molecule has 10 heteroatoms. The number of alkyl halides is 5. The molecule has 0 unspecified atom stereocenters. The van der Waals surface area contributed by atoms with Crippen molar-refractivity contribution < 1.29 is 45.0 Å². The number of benzene rings is 3. The van der Waals surface area contributed by atoms with Crippen molar-refractivity contribution in [2.75, 3.05) is 0 Å². The lowest BCUT2D eigenvalue weighted by Crippen LogP contribution is -2.25. The van der Waals surface area contributed by atoms with E-state index in [4.69, 9.17) is 0 Å². The van der Waals surface area contributed by atoms with Crippen molar-refractivity contribution in [3.05, 3.63) is 82.7 Å². The summed E-state index contributed by atoms with van der Waals surface area (Å²) in [4.78, 5) is 0. The lowest BCUT2D eigenvalue weighted by atomic mass is 9.98. The molecule has 0 aliphatic heterocycles. The first-order valence-electron chi connectivity index (χ1n) is 9.07. The third kappa shape index (κ3) is 4.49. The summed E-state index contributed by atoms with van der Waals surface area (Å²) >= 11 is 0. The summed E-state index contributed by atoms with van der Waals surface area (Å²) in [6.45, 7) is 1.83. The Labute approximate surface area is 176 Å². The van der Waals surface area contributed by atoms with Crippen molar-refractivity contribution in [2.45, 2.75) is 25.6 Å². The molecule has 0 heterocycles. The molecule has 169 valence electrons. The number of halogens is 8. The molecule has 0 aliphatic carbocycles. The van der Waals surface area contributed by atoms with Gasteiger partial charge in [0.05, 0.1) is 11.1 Å². The zero-order valence-corrected chi connectivity index (χ0v) is 16.2. The molecule has 32 heavy (non-hydrogen) atoms. The normalized spacial score (nSPS) is 12.2. The fraction of sp³-hybridized carbons (Fsp3) is 0.182. The summed E-state index contributed by atoms with van der Waals surface area (Å²) in [5.41, 5.74) is -3.80. The molecule has 0 amide bonds. The molecule has 0 aromatic heterocycles. The quantitative estimate of drug-likeness (QED) is 0.359. The molecule has 3 aromatic carbocycles. The molecule has 0 saturated carbocycles. The van der Waals surface area contributed by atoms with Crippen LogP contribution in [0.4, 0.5) is 35.1 Å². The van der Waals surface area contributed by atoms with Crippen molar-refractivity contribution in [3.63, 3.8) is 0 Å². The largest absolute Gasteiger partial charge is 0.432 e. The Hall–Kier alpha value is -3.30. The first-order chi connectivity index (χ1) is 14.8. The van der Waals surface area contributed by atoms with Gasteiger partial charge in [-0.25, -0.2) is 13.2 Å². The van der Waals surface area contributed by atoms with Gasteiger partial charge in [0.25, 0.3) is 0 Å². The second-order valence-corrected chi connectivity index (χ2v) is 6.73. The summed E-state index contributed by atoms with van der Waals surface area (Å²) in [6.07, 6.45) is -9.26. The molecule has 3 rings (SSSR count). The third-order valence-electron chi connectivity index (χ3n) is 4.62. The summed E-state index contributed by atoms with van der Waals surface area (Å²) in [6, 6.07) is 6.32. The minimum Gasteiger partial charge on any atom is -0.429 e. The fourth-order valence-electron chi connectivity index (χ4n) is 3.03. The van der Waals surface area contributed by atoms with Crippen LogP contribution in [0, 0.1) is 17.5 Å². The van der Waals surface area contributed by atoms with Crippen LogP contribution in [0.5, 0.6) is 11.5 Å². The van der Waals surface area contributed by atoms with Crippen LogP contribution in [0.25, 0.3) is 11.1 Å². The zero-order valence-electron chi connectivity index (χ0n) is 16.2. The molecule has 0 atom stereocenters. The number of aryl methyl sites for hydroxylation is 1. The maximum atomic E-state index is 14.9. The van der Waals surface area contributed by atoms with E-state index in [1.54, 1.807) is 0 Å². The highest BCUT2D eigenvalue weighted by atomic mass is 19.4. The average molecular weight is 461 g/mol. The first kappa shape index (κ1) is 23.4. The number of hydrogen-bond donors (Lipinski definition) is 0. The molecule has 0 aliphatic rings. The molecule has 3 aromatic rings. The van der Waals surface area contributed by atoms with Gasteiger partial charge in [-0.1, -0.05) is 31.2 Å². The van der Waals surface area contributed by atoms with Gasteiger partial charge in [0.2, 0.25) is 0 Å². The Kier molecular flexibility index (Phi) is 6.08. The minimum absolute atomic E-state index is 0.0128. The van der Waals surface area contributed by atoms with E-state index >= 15 is 0 Å². The van der Waals surface area contributed by atoms with Crippen LogP contribution in [0.3, 0.4) is 0 Å². The number of hydrogen-bond acceptors (Lipinski definition) is 1. The van der Waals surface area contributed by atoms with E-state index in [9.17, 15) is 40.2 Å². The fourth-order valence-corrected chi connectivity index (χ4v) is 3.03. The Morgan fingerprint density at radius 3 is 2.00 bits per heavy atom. The van der Waals surface area contributed by atoms with E-state index in [1.165, 1.54) is 24.3 Å². The second-order valence-electron chi connectivity index (χ2n) is 6.73. The summed E-state index contributed by atoms with van der Waals surface area (Å²) in [5, 5.41) is 12.1. The highest BCUT2D eigenvalue weighted by molar-refractivity contribution is 5.72. The van der Waals surface area contributed by atoms with Gasteiger partial charge in [0, 0.05) is 12.1 Å². The van der Waals surface area contributed by atoms with Gasteiger partial charge in [-0.3, -0.25) is 5.11 Å². The molecule has 2 nitrogen and oxygen atoms in total. The van der Waals surface area contributed by atoms with Crippen molar-refractivity contribution in [3.8, 4) is 22.6 Å². The maximum Gasteiger partial charge on any atom is 0.432 e.